The van der Waals surface area contributed by atoms with E-state index in [1.807, 2.05) is 39.1 Å². The van der Waals surface area contributed by atoms with Crippen LogP contribution >= 0.6 is 11.6 Å². The van der Waals surface area contributed by atoms with Gasteiger partial charge in [-0.1, -0.05) is 28.9 Å². The largest absolute Gasteiger partial charge is 0.489 e. The fourth-order valence-corrected chi connectivity index (χ4v) is 3.47. The molecule has 0 radical (unpaired) electrons. The highest BCUT2D eigenvalue weighted by Gasteiger charge is 2.19. The van der Waals surface area contributed by atoms with Crippen molar-refractivity contribution in [1.29, 1.82) is 0 Å². The first kappa shape index (κ1) is 19.8. The molecule has 0 saturated carbocycles. The number of aryl methyl sites for hydroxylation is 1. The Morgan fingerprint density at radius 2 is 2.07 bits per heavy atom. The maximum atomic E-state index is 13.1. The number of hydrogen-bond acceptors (Lipinski definition) is 5. The number of amides is 1. The number of aromatic amines is 1. The van der Waals surface area contributed by atoms with Gasteiger partial charge >= 0.3 is 5.76 Å². The van der Waals surface area contributed by atoms with Crippen molar-refractivity contribution < 1.29 is 14.1 Å². The molecule has 0 fully saturated rings. The van der Waals surface area contributed by atoms with Gasteiger partial charge in [0.25, 0.3) is 5.91 Å². The van der Waals surface area contributed by atoms with Gasteiger partial charge in [0.05, 0.1) is 17.3 Å². The summed E-state index contributed by atoms with van der Waals surface area (Å²) in [5.74, 6) is -0.161. The fourth-order valence-electron chi connectivity index (χ4n) is 3.30. The fraction of sp³-hybridized carbons (Fsp3) is 0.190. The normalized spacial score (nSPS) is 11.2. The number of carbonyl (C=O) groups excluding carboxylic acids is 1. The van der Waals surface area contributed by atoms with Crippen LogP contribution in [0, 0.1) is 0 Å². The molecule has 2 aromatic carbocycles. The van der Waals surface area contributed by atoms with E-state index >= 15 is 0 Å². The number of hydrogen-bond donors (Lipinski definition) is 2. The zero-order chi connectivity index (χ0) is 21.4. The molecule has 0 aliphatic rings. The number of aromatic nitrogens is 3. The summed E-state index contributed by atoms with van der Waals surface area (Å²) in [5.41, 5.74) is 2.13. The van der Waals surface area contributed by atoms with E-state index in [2.05, 4.69) is 20.0 Å². The van der Waals surface area contributed by atoms with E-state index in [9.17, 15) is 9.59 Å². The molecule has 0 bridgehead atoms. The first-order valence-corrected chi connectivity index (χ1v) is 9.63. The monoisotopic (exact) mass is 426 g/mol. The molecule has 4 aromatic rings. The second-order valence-electron chi connectivity index (χ2n) is 7.04. The molecule has 2 aromatic heterocycles. The van der Waals surface area contributed by atoms with Crippen molar-refractivity contribution in [2.75, 3.05) is 5.32 Å². The van der Waals surface area contributed by atoms with Crippen molar-refractivity contribution >= 4 is 34.1 Å². The second-order valence-corrected chi connectivity index (χ2v) is 7.47. The molecule has 4 rings (SSSR count). The highest BCUT2D eigenvalue weighted by molar-refractivity contribution is 6.31. The van der Waals surface area contributed by atoms with E-state index in [1.165, 1.54) is 0 Å². The lowest BCUT2D eigenvalue weighted by molar-refractivity contribution is 0.102. The van der Waals surface area contributed by atoms with Crippen LogP contribution in [0.5, 0.6) is 5.75 Å². The minimum absolute atomic E-state index is 0.00372. The molecular formula is C21H19ClN4O4. The number of anilines is 1. The van der Waals surface area contributed by atoms with Gasteiger partial charge in [-0.3, -0.25) is 14.3 Å². The average molecular weight is 427 g/mol. The third-order valence-corrected chi connectivity index (χ3v) is 4.77. The number of nitrogens with one attached hydrogen (secondary N) is 2. The lowest BCUT2D eigenvalue weighted by Crippen LogP contribution is -2.16. The number of para-hydroxylation sites is 1. The summed E-state index contributed by atoms with van der Waals surface area (Å²) in [6.07, 6.45) is 0.00372. The van der Waals surface area contributed by atoms with Gasteiger partial charge in [-0.15, -0.1) is 0 Å². The van der Waals surface area contributed by atoms with Gasteiger partial charge in [0, 0.05) is 23.0 Å². The predicted octanol–water partition coefficient (Wildman–Crippen LogP) is 4.21. The number of nitrogens with zero attached hydrogens (tertiary/aromatic N) is 2. The summed E-state index contributed by atoms with van der Waals surface area (Å²) >= 11 is 6.08. The molecule has 9 heteroatoms. The summed E-state index contributed by atoms with van der Waals surface area (Å²) < 4.78 is 12.3. The smallest absolute Gasteiger partial charge is 0.439 e. The number of fused-ring (bicyclic) bond motifs is 1. The summed E-state index contributed by atoms with van der Waals surface area (Å²) in [6.45, 7) is 3.90. The Kier molecular flexibility index (Phi) is 5.09. The maximum absolute atomic E-state index is 13.1. The molecule has 8 nitrogen and oxygen atoms in total. The lowest BCUT2D eigenvalue weighted by atomic mass is 10.1. The lowest BCUT2D eigenvalue weighted by Gasteiger charge is -2.13. The van der Waals surface area contributed by atoms with Crippen molar-refractivity contribution in [3.63, 3.8) is 0 Å². The quantitative estimate of drug-likeness (QED) is 0.497. The Bertz CT molecular complexity index is 1300. The minimum Gasteiger partial charge on any atom is -0.489 e. The van der Waals surface area contributed by atoms with Crippen LogP contribution < -0.4 is 15.8 Å². The van der Waals surface area contributed by atoms with Gasteiger partial charge in [0.1, 0.15) is 11.4 Å². The molecule has 0 atom stereocenters. The van der Waals surface area contributed by atoms with Crippen LogP contribution in [0.1, 0.15) is 24.3 Å². The Morgan fingerprint density at radius 3 is 2.77 bits per heavy atom. The zero-order valence-electron chi connectivity index (χ0n) is 16.5. The van der Waals surface area contributed by atoms with Gasteiger partial charge < -0.3 is 14.6 Å². The van der Waals surface area contributed by atoms with Crippen molar-refractivity contribution in [2.45, 2.75) is 20.0 Å². The third kappa shape index (κ3) is 3.69. The number of H-pyrrole nitrogens is 1. The second kappa shape index (κ2) is 7.72. The average Bonchev–Trinajstić information content (AvgIpc) is 3.27. The van der Waals surface area contributed by atoms with Crippen LogP contribution in [0.3, 0.4) is 0 Å². The van der Waals surface area contributed by atoms with E-state index in [0.29, 0.717) is 27.7 Å². The predicted molar refractivity (Wildman–Crippen MR) is 114 cm³/mol. The maximum Gasteiger partial charge on any atom is 0.439 e. The Balaban J connectivity index is 1.73. The zero-order valence-corrected chi connectivity index (χ0v) is 17.3. The number of rotatable bonds is 5. The van der Waals surface area contributed by atoms with Gasteiger partial charge in [0.2, 0.25) is 0 Å². The molecule has 0 spiro atoms. The summed E-state index contributed by atoms with van der Waals surface area (Å²) in [4.78, 5) is 26.9. The van der Waals surface area contributed by atoms with E-state index in [1.54, 1.807) is 28.8 Å². The number of carbonyl (C=O) groups is 1. The van der Waals surface area contributed by atoms with E-state index in [4.69, 9.17) is 16.3 Å². The van der Waals surface area contributed by atoms with Crippen LogP contribution in [0.15, 0.2) is 51.8 Å². The molecular weight excluding hydrogens is 408 g/mol. The molecule has 30 heavy (non-hydrogen) atoms. The molecule has 154 valence electrons. The van der Waals surface area contributed by atoms with E-state index in [-0.39, 0.29) is 17.8 Å². The summed E-state index contributed by atoms with van der Waals surface area (Å²) in [7, 11) is 1.81. The Hall–Kier alpha value is -3.52. The highest BCUT2D eigenvalue weighted by Crippen LogP contribution is 2.31. The standard InChI is InChI=1S/C21H19ClN4O4/c1-11(2)29-17-6-4-5-12-9-16(26(3)18(12)17)20(27)23-15-8-7-13(22)10-14(15)19-24-21(28)30-25-19/h4-11H,1-3H3,(H,23,27)(H,24,25,28). The third-order valence-electron chi connectivity index (χ3n) is 4.54. The van der Waals surface area contributed by atoms with E-state index in [0.717, 1.165) is 10.9 Å². The molecule has 2 heterocycles. The Labute approximate surface area is 176 Å². The van der Waals surface area contributed by atoms with Crippen LogP contribution in [-0.2, 0) is 7.05 Å². The molecule has 0 aliphatic heterocycles. The Morgan fingerprint density at radius 1 is 1.27 bits per heavy atom. The first-order valence-electron chi connectivity index (χ1n) is 9.26. The van der Waals surface area contributed by atoms with Crippen LogP contribution in [-0.4, -0.2) is 26.7 Å². The number of ether oxygens (including phenoxy) is 1. The molecule has 1 amide bonds. The van der Waals surface area contributed by atoms with Gasteiger partial charge in [-0.2, -0.15) is 0 Å². The highest BCUT2D eigenvalue weighted by atomic mass is 35.5. The number of benzene rings is 2. The molecule has 2 N–H and O–H groups in total. The van der Waals surface area contributed by atoms with Gasteiger partial charge in [-0.25, -0.2) is 4.79 Å². The molecule has 0 aliphatic carbocycles. The van der Waals surface area contributed by atoms with Gasteiger partial charge in [0.15, 0.2) is 5.82 Å². The van der Waals surface area contributed by atoms with Crippen molar-refractivity contribution in [2.24, 2.45) is 7.05 Å². The summed E-state index contributed by atoms with van der Waals surface area (Å²) in [5, 5.41) is 7.86. The summed E-state index contributed by atoms with van der Waals surface area (Å²) in [6, 6.07) is 12.3. The van der Waals surface area contributed by atoms with Crippen molar-refractivity contribution in [3.8, 4) is 17.1 Å². The number of halogens is 1. The molecule has 0 saturated heterocycles. The SMILES string of the molecule is CC(C)Oc1cccc2cc(C(=O)Nc3ccc(Cl)cc3-c3noc(=O)[nH]3)n(C)c12. The van der Waals surface area contributed by atoms with Crippen molar-refractivity contribution in [1.82, 2.24) is 14.7 Å². The first-order chi connectivity index (χ1) is 14.3. The van der Waals surface area contributed by atoms with Crippen molar-refractivity contribution in [3.05, 3.63) is 63.7 Å². The van der Waals surface area contributed by atoms with Crippen LogP contribution in [0.25, 0.3) is 22.3 Å². The van der Waals surface area contributed by atoms with Gasteiger partial charge in [-0.05, 0) is 44.2 Å². The minimum atomic E-state index is -0.700. The molecule has 0 unspecified atom stereocenters. The topological polar surface area (TPSA) is 102 Å². The van der Waals surface area contributed by atoms with Crippen LogP contribution in [0.4, 0.5) is 5.69 Å². The van der Waals surface area contributed by atoms with Crippen LogP contribution in [0.2, 0.25) is 5.02 Å². The van der Waals surface area contributed by atoms with E-state index < -0.39 is 5.76 Å².